The van der Waals surface area contributed by atoms with Gasteiger partial charge < -0.3 is 4.74 Å². The molecule has 0 unspecified atom stereocenters. The number of carbonyl (C=O) groups excluding carboxylic acids is 1. The molecule has 3 aromatic rings. The molecular formula is C16H15N5O3. The Bertz CT molecular complexity index is 987. The van der Waals surface area contributed by atoms with Crippen molar-refractivity contribution in [1.29, 1.82) is 0 Å². The summed E-state index contributed by atoms with van der Waals surface area (Å²) in [6.45, 7) is 0. The molecule has 0 saturated carbocycles. The molecule has 4 rings (SSSR count). The Balaban J connectivity index is 1.63. The molecule has 1 aromatic carbocycles. The number of fused-ring (bicyclic) bond motifs is 2. The Morgan fingerprint density at radius 3 is 2.79 bits per heavy atom. The van der Waals surface area contributed by atoms with E-state index >= 15 is 0 Å². The van der Waals surface area contributed by atoms with E-state index in [4.69, 9.17) is 4.74 Å². The highest BCUT2D eigenvalue weighted by molar-refractivity contribution is 6.03. The van der Waals surface area contributed by atoms with Crippen LogP contribution in [0.3, 0.4) is 0 Å². The highest BCUT2D eigenvalue weighted by Crippen LogP contribution is 2.17. The summed E-state index contributed by atoms with van der Waals surface area (Å²) in [4.78, 5) is 33.2. The second-order valence-corrected chi connectivity index (χ2v) is 5.59. The van der Waals surface area contributed by atoms with Gasteiger partial charge in [-0.05, 0) is 43.5 Å². The van der Waals surface area contributed by atoms with Gasteiger partial charge >= 0.3 is 0 Å². The number of nitrogens with one attached hydrogen (secondary N) is 2. The number of anilines is 1. The number of nitrogens with zero attached hydrogens (tertiary/aromatic N) is 3. The SMILES string of the molecule is COc1ccc(C(=O)Nc2nc3nc4c(c(=O)n3[nH]2)CCC4)cc1. The first-order chi connectivity index (χ1) is 11.7. The monoisotopic (exact) mass is 325 g/mol. The summed E-state index contributed by atoms with van der Waals surface area (Å²) < 4.78 is 6.33. The number of amides is 1. The smallest absolute Gasteiger partial charge is 0.277 e. The Kier molecular flexibility index (Phi) is 3.30. The van der Waals surface area contributed by atoms with Gasteiger partial charge in [0.2, 0.25) is 5.95 Å². The van der Waals surface area contributed by atoms with Gasteiger partial charge in [0.15, 0.2) is 0 Å². The lowest BCUT2D eigenvalue weighted by molar-refractivity contribution is 0.102. The van der Waals surface area contributed by atoms with Crippen LogP contribution in [0.1, 0.15) is 28.0 Å². The first kappa shape index (κ1) is 14.4. The number of rotatable bonds is 3. The first-order valence-electron chi connectivity index (χ1n) is 7.61. The number of aromatic nitrogens is 4. The Morgan fingerprint density at radius 1 is 1.25 bits per heavy atom. The van der Waals surface area contributed by atoms with Crippen molar-refractivity contribution < 1.29 is 9.53 Å². The fourth-order valence-corrected chi connectivity index (χ4v) is 2.86. The maximum absolute atomic E-state index is 12.4. The zero-order valence-electron chi connectivity index (χ0n) is 13.0. The third kappa shape index (κ3) is 2.32. The molecule has 8 heteroatoms. The molecule has 24 heavy (non-hydrogen) atoms. The molecule has 0 bridgehead atoms. The number of benzene rings is 1. The number of H-pyrrole nitrogens is 1. The summed E-state index contributed by atoms with van der Waals surface area (Å²) in [6.07, 6.45) is 2.46. The summed E-state index contributed by atoms with van der Waals surface area (Å²) in [6, 6.07) is 6.69. The van der Waals surface area contributed by atoms with Gasteiger partial charge in [-0.2, -0.15) is 9.50 Å². The maximum atomic E-state index is 12.4. The van der Waals surface area contributed by atoms with Crippen molar-refractivity contribution in [1.82, 2.24) is 19.6 Å². The van der Waals surface area contributed by atoms with Crippen LogP contribution in [-0.4, -0.2) is 32.6 Å². The zero-order valence-corrected chi connectivity index (χ0v) is 13.0. The van der Waals surface area contributed by atoms with E-state index in [9.17, 15) is 9.59 Å². The third-order valence-corrected chi connectivity index (χ3v) is 4.10. The minimum absolute atomic E-state index is 0.148. The predicted octanol–water partition coefficient (Wildman–Crippen LogP) is 1.17. The molecule has 0 saturated heterocycles. The van der Waals surface area contributed by atoms with Crippen LogP contribution in [-0.2, 0) is 12.8 Å². The van der Waals surface area contributed by atoms with Gasteiger partial charge in [0.05, 0.1) is 12.8 Å². The van der Waals surface area contributed by atoms with Gasteiger partial charge in [0, 0.05) is 11.1 Å². The molecule has 0 aliphatic heterocycles. The Labute approximate surface area is 136 Å². The normalized spacial score (nSPS) is 13.0. The van der Waals surface area contributed by atoms with E-state index in [1.807, 2.05) is 0 Å². The second kappa shape index (κ2) is 5.48. The molecule has 1 aliphatic rings. The number of hydrogen-bond donors (Lipinski definition) is 2. The zero-order chi connectivity index (χ0) is 16.7. The summed E-state index contributed by atoms with van der Waals surface area (Å²) >= 11 is 0. The van der Waals surface area contributed by atoms with Crippen LogP contribution in [0.5, 0.6) is 5.75 Å². The van der Waals surface area contributed by atoms with Gasteiger partial charge in [-0.1, -0.05) is 0 Å². The highest BCUT2D eigenvalue weighted by Gasteiger charge is 2.20. The minimum Gasteiger partial charge on any atom is -0.497 e. The van der Waals surface area contributed by atoms with Crippen molar-refractivity contribution in [3.8, 4) is 5.75 Å². The topological polar surface area (TPSA) is 101 Å². The van der Waals surface area contributed by atoms with Crippen LogP contribution >= 0.6 is 0 Å². The van der Waals surface area contributed by atoms with Crippen molar-refractivity contribution in [2.24, 2.45) is 0 Å². The van der Waals surface area contributed by atoms with Crippen LogP contribution in [0, 0.1) is 0 Å². The molecule has 122 valence electrons. The summed E-state index contributed by atoms with van der Waals surface area (Å²) in [5.74, 6) is 0.785. The summed E-state index contributed by atoms with van der Waals surface area (Å²) in [7, 11) is 1.56. The average molecular weight is 325 g/mol. The number of methoxy groups -OCH3 is 1. The predicted molar refractivity (Wildman–Crippen MR) is 86.6 cm³/mol. The molecule has 0 atom stereocenters. The van der Waals surface area contributed by atoms with Crippen molar-refractivity contribution >= 4 is 17.6 Å². The lowest BCUT2D eigenvalue weighted by atomic mass is 10.2. The van der Waals surface area contributed by atoms with Crippen LogP contribution in [0.2, 0.25) is 0 Å². The molecule has 0 fully saturated rings. The van der Waals surface area contributed by atoms with Gasteiger partial charge in [-0.15, -0.1) is 0 Å². The molecule has 2 heterocycles. The van der Waals surface area contributed by atoms with Crippen LogP contribution in [0.25, 0.3) is 5.78 Å². The fraction of sp³-hybridized carbons (Fsp3) is 0.250. The molecular weight excluding hydrogens is 310 g/mol. The molecule has 0 spiro atoms. The Morgan fingerprint density at radius 2 is 2.04 bits per heavy atom. The molecule has 2 aromatic heterocycles. The van der Waals surface area contributed by atoms with E-state index in [0.717, 1.165) is 30.5 Å². The third-order valence-electron chi connectivity index (χ3n) is 4.10. The van der Waals surface area contributed by atoms with E-state index in [2.05, 4.69) is 20.4 Å². The average Bonchev–Trinajstić information content (AvgIpc) is 3.22. The van der Waals surface area contributed by atoms with Crippen molar-refractivity contribution in [3.63, 3.8) is 0 Å². The van der Waals surface area contributed by atoms with Gasteiger partial charge in [-0.3, -0.25) is 20.0 Å². The second-order valence-electron chi connectivity index (χ2n) is 5.59. The quantitative estimate of drug-likeness (QED) is 0.752. The minimum atomic E-state index is -0.336. The van der Waals surface area contributed by atoms with Crippen LogP contribution in [0.15, 0.2) is 29.1 Å². The fourth-order valence-electron chi connectivity index (χ4n) is 2.86. The van der Waals surface area contributed by atoms with Crippen LogP contribution in [0.4, 0.5) is 5.95 Å². The van der Waals surface area contributed by atoms with Crippen LogP contribution < -0.4 is 15.6 Å². The largest absolute Gasteiger partial charge is 0.497 e. The van der Waals surface area contributed by atoms with E-state index in [1.54, 1.807) is 31.4 Å². The summed E-state index contributed by atoms with van der Waals surface area (Å²) in [5, 5.41) is 5.43. The van der Waals surface area contributed by atoms with E-state index in [-0.39, 0.29) is 23.2 Å². The lowest BCUT2D eigenvalue weighted by Gasteiger charge is -2.03. The molecule has 1 aliphatic carbocycles. The number of aryl methyl sites for hydroxylation is 1. The van der Waals surface area contributed by atoms with Crippen molar-refractivity contribution in [2.75, 3.05) is 12.4 Å². The molecule has 1 amide bonds. The lowest BCUT2D eigenvalue weighted by Crippen LogP contribution is -2.20. The number of ether oxygens (including phenoxy) is 1. The maximum Gasteiger partial charge on any atom is 0.277 e. The summed E-state index contributed by atoms with van der Waals surface area (Å²) in [5.41, 5.74) is 1.84. The van der Waals surface area contributed by atoms with E-state index in [1.165, 1.54) is 4.52 Å². The molecule has 2 N–H and O–H groups in total. The van der Waals surface area contributed by atoms with Crippen molar-refractivity contribution in [2.45, 2.75) is 19.3 Å². The van der Waals surface area contributed by atoms with E-state index < -0.39 is 0 Å². The molecule has 0 radical (unpaired) electrons. The highest BCUT2D eigenvalue weighted by atomic mass is 16.5. The van der Waals surface area contributed by atoms with Gasteiger partial charge in [0.1, 0.15) is 5.75 Å². The number of hydrogen-bond acceptors (Lipinski definition) is 5. The number of carbonyl (C=O) groups is 1. The molecule has 8 nitrogen and oxygen atoms in total. The van der Waals surface area contributed by atoms with Gasteiger partial charge in [-0.25, -0.2) is 4.98 Å². The standard InChI is InChI=1S/C16H15N5O3/c1-24-10-7-5-9(6-8-10)13(22)18-15-19-16-17-12-4-2-3-11(12)14(23)21(16)20-15/h5-8H,2-4H2,1H3,(H2,17,18,19,20,22). The van der Waals surface area contributed by atoms with E-state index in [0.29, 0.717) is 11.3 Å². The van der Waals surface area contributed by atoms with Gasteiger partial charge in [0.25, 0.3) is 17.2 Å². The number of aromatic amines is 1. The first-order valence-corrected chi connectivity index (χ1v) is 7.61. The Hall–Kier alpha value is -3.16. The van der Waals surface area contributed by atoms with Crippen molar-refractivity contribution in [3.05, 3.63) is 51.4 Å².